The lowest BCUT2D eigenvalue weighted by atomic mass is 9.73. The number of amides is 1. The maximum Gasteiger partial charge on any atom is 0.228 e. The van der Waals surface area contributed by atoms with Crippen molar-refractivity contribution in [3.05, 3.63) is 30.1 Å². The highest BCUT2D eigenvalue weighted by atomic mass is 127. The lowest BCUT2D eigenvalue weighted by Gasteiger charge is -2.34. The number of carbonyl (C=O) groups is 1. The molecule has 1 aromatic heterocycles. The second-order valence-corrected chi connectivity index (χ2v) is 3.94. The minimum Gasteiger partial charge on any atom is -0.369 e. The van der Waals surface area contributed by atoms with Crippen LogP contribution in [0.15, 0.2) is 24.5 Å². The van der Waals surface area contributed by atoms with Gasteiger partial charge in [-0.3, -0.25) is 9.78 Å². The Kier molecular flexibility index (Phi) is 4.67. The van der Waals surface area contributed by atoms with Crippen molar-refractivity contribution in [2.45, 2.75) is 18.3 Å². The Hall–Kier alpha value is -0.690. The van der Waals surface area contributed by atoms with Crippen molar-refractivity contribution < 1.29 is 4.79 Å². The second kappa shape index (κ2) is 5.58. The highest BCUT2D eigenvalue weighted by Crippen LogP contribution is 2.32. The van der Waals surface area contributed by atoms with Crippen LogP contribution in [-0.2, 0) is 10.2 Å². The molecule has 1 aromatic rings. The smallest absolute Gasteiger partial charge is 0.228 e. The molecule has 4 nitrogen and oxygen atoms in total. The third-order valence-electron chi connectivity index (χ3n) is 3.14. The lowest BCUT2D eigenvalue weighted by molar-refractivity contribution is -0.124. The summed E-state index contributed by atoms with van der Waals surface area (Å²) in [6.45, 7) is 1.66. The summed E-state index contributed by atoms with van der Waals surface area (Å²) in [4.78, 5) is 15.7. The number of nitrogens with two attached hydrogens (primary N) is 1. The van der Waals surface area contributed by atoms with Gasteiger partial charge in [-0.2, -0.15) is 0 Å². The van der Waals surface area contributed by atoms with E-state index in [0.29, 0.717) is 0 Å². The number of carbonyl (C=O) groups excluding carboxylic acids is 1. The molecule has 0 aliphatic carbocycles. The first-order valence-electron chi connectivity index (χ1n) is 5.17. The van der Waals surface area contributed by atoms with Gasteiger partial charge in [-0.15, -0.1) is 24.0 Å². The molecule has 2 heterocycles. The van der Waals surface area contributed by atoms with Crippen LogP contribution >= 0.6 is 24.0 Å². The number of rotatable bonds is 2. The first kappa shape index (κ1) is 13.4. The zero-order valence-electron chi connectivity index (χ0n) is 8.98. The SMILES string of the molecule is I.NC(=O)C1(c2cccnc2)CCNCC1. The fraction of sp³-hybridized carbons (Fsp3) is 0.455. The van der Waals surface area contributed by atoms with E-state index in [4.69, 9.17) is 5.73 Å². The Morgan fingerprint density at radius 1 is 1.44 bits per heavy atom. The van der Waals surface area contributed by atoms with Crippen molar-refractivity contribution in [1.29, 1.82) is 0 Å². The average Bonchev–Trinajstić information content (AvgIpc) is 2.31. The Labute approximate surface area is 112 Å². The van der Waals surface area contributed by atoms with Crippen LogP contribution in [-0.4, -0.2) is 24.0 Å². The largest absolute Gasteiger partial charge is 0.369 e. The van der Waals surface area contributed by atoms with E-state index in [-0.39, 0.29) is 29.9 Å². The van der Waals surface area contributed by atoms with Crippen molar-refractivity contribution in [2.24, 2.45) is 5.73 Å². The molecule has 3 N–H and O–H groups in total. The van der Waals surface area contributed by atoms with E-state index in [1.807, 2.05) is 12.1 Å². The molecule has 0 bridgehead atoms. The molecule has 0 spiro atoms. The first-order valence-corrected chi connectivity index (χ1v) is 5.17. The first-order chi connectivity index (χ1) is 7.26. The van der Waals surface area contributed by atoms with Gasteiger partial charge in [0, 0.05) is 12.4 Å². The number of nitrogens with one attached hydrogen (secondary N) is 1. The predicted octanol–water partition coefficient (Wildman–Crippen LogP) is 0.806. The maximum absolute atomic E-state index is 11.6. The van der Waals surface area contributed by atoms with E-state index in [9.17, 15) is 4.79 Å². The maximum atomic E-state index is 11.6. The minimum absolute atomic E-state index is 0. The highest BCUT2D eigenvalue weighted by molar-refractivity contribution is 14.0. The van der Waals surface area contributed by atoms with Gasteiger partial charge >= 0.3 is 0 Å². The Bertz CT molecular complexity index is 350. The van der Waals surface area contributed by atoms with Gasteiger partial charge in [0.15, 0.2) is 0 Å². The molecule has 0 unspecified atom stereocenters. The summed E-state index contributed by atoms with van der Waals surface area (Å²) in [6.07, 6.45) is 4.97. The lowest BCUT2D eigenvalue weighted by Crippen LogP contribution is -2.48. The molecule has 1 fully saturated rings. The zero-order valence-corrected chi connectivity index (χ0v) is 11.3. The van der Waals surface area contributed by atoms with Crippen molar-refractivity contribution in [3.63, 3.8) is 0 Å². The summed E-state index contributed by atoms with van der Waals surface area (Å²) in [6, 6.07) is 3.78. The number of primary amides is 1. The molecular formula is C11H16IN3O. The monoisotopic (exact) mass is 333 g/mol. The number of halogens is 1. The van der Waals surface area contributed by atoms with Crippen LogP contribution in [0.25, 0.3) is 0 Å². The van der Waals surface area contributed by atoms with Crippen LogP contribution < -0.4 is 11.1 Å². The van der Waals surface area contributed by atoms with Crippen LogP contribution in [0.5, 0.6) is 0 Å². The normalized spacial score (nSPS) is 18.5. The topological polar surface area (TPSA) is 68.0 Å². The van der Waals surface area contributed by atoms with Gasteiger partial charge in [0.1, 0.15) is 0 Å². The fourth-order valence-corrected chi connectivity index (χ4v) is 2.18. The molecule has 1 saturated heterocycles. The Balaban J connectivity index is 0.00000128. The van der Waals surface area contributed by atoms with Crippen LogP contribution in [0.4, 0.5) is 0 Å². The van der Waals surface area contributed by atoms with Gasteiger partial charge in [0.05, 0.1) is 5.41 Å². The molecule has 88 valence electrons. The number of aromatic nitrogens is 1. The molecule has 5 heteroatoms. The van der Waals surface area contributed by atoms with Crippen molar-refractivity contribution >= 4 is 29.9 Å². The van der Waals surface area contributed by atoms with E-state index in [2.05, 4.69) is 10.3 Å². The number of hydrogen-bond donors (Lipinski definition) is 2. The van der Waals surface area contributed by atoms with Gasteiger partial charge in [-0.1, -0.05) is 6.07 Å². The summed E-state index contributed by atoms with van der Waals surface area (Å²) in [5, 5.41) is 3.24. The highest BCUT2D eigenvalue weighted by Gasteiger charge is 2.39. The number of piperidine rings is 1. The van der Waals surface area contributed by atoms with Crippen LogP contribution in [0.3, 0.4) is 0 Å². The van der Waals surface area contributed by atoms with E-state index in [1.165, 1.54) is 0 Å². The molecule has 2 rings (SSSR count). The summed E-state index contributed by atoms with van der Waals surface area (Å²) in [5.41, 5.74) is 5.97. The molecule has 0 radical (unpaired) electrons. The number of pyridine rings is 1. The van der Waals surface area contributed by atoms with E-state index >= 15 is 0 Å². The van der Waals surface area contributed by atoms with Crippen LogP contribution in [0.1, 0.15) is 18.4 Å². The number of hydrogen-bond acceptors (Lipinski definition) is 3. The zero-order chi connectivity index (χ0) is 10.7. The summed E-state index contributed by atoms with van der Waals surface area (Å²) in [7, 11) is 0. The minimum atomic E-state index is -0.514. The quantitative estimate of drug-likeness (QED) is 0.787. The second-order valence-electron chi connectivity index (χ2n) is 3.94. The molecule has 0 saturated carbocycles. The van der Waals surface area contributed by atoms with Crippen LogP contribution in [0, 0.1) is 0 Å². The van der Waals surface area contributed by atoms with Crippen LogP contribution in [0.2, 0.25) is 0 Å². The van der Waals surface area contributed by atoms with Crippen molar-refractivity contribution in [1.82, 2.24) is 10.3 Å². The van der Waals surface area contributed by atoms with E-state index in [1.54, 1.807) is 12.4 Å². The summed E-state index contributed by atoms with van der Waals surface area (Å²) >= 11 is 0. The van der Waals surface area contributed by atoms with Gasteiger partial charge in [0.2, 0.25) is 5.91 Å². The Morgan fingerprint density at radius 3 is 2.62 bits per heavy atom. The Morgan fingerprint density at radius 2 is 2.12 bits per heavy atom. The third-order valence-corrected chi connectivity index (χ3v) is 3.14. The van der Waals surface area contributed by atoms with E-state index < -0.39 is 5.41 Å². The van der Waals surface area contributed by atoms with E-state index in [0.717, 1.165) is 31.5 Å². The van der Waals surface area contributed by atoms with Gasteiger partial charge in [-0.05, 0) is 37.6 Å². The molecule has 1 amide bonds. The molecular weight excluding hydrogens is 317 g/mol. The molecule has 16 heavy (non-hydrogen) atoms. The van der Waals surface area contributed by atoms with Crippen molar-refractivity contribution in [3.8, 4) is 0 Å². The molecule has 1 aliphatic heterocycles. The standard InChI is InChI=1S/C11H15N3O.HI/c12-10(15)11(3-6-13-7-4-11)9-2-1-5-14-8-9;/h1-2,5,8,13H,3-4,6-7H2,(H2,12,15);1H. The number of nitrogens with zero attached hydrogens (tertiary/aromatic N) is 1. The molecule has 0 atom stereocenters. The fourth-order valence-electron chi connectivity index (χ4n) is 2.18. The average molecular weight is 333 g/mol. The molecule has 1 aliphatic rings. The van der Waals surface area contributed by atoms with Gasteiger partial charge in [0.25, 0.3) is 0 Å². The predicted molar refractivity (Wildman–Crippen MR) is 72.6 cm³/mol. The van der Waals surface area contributed by atoms with Crippen molar-refractivity contribution in [2.75, 3.05) is 13.1 Å². The summed E-state index contributed by atoms with van der Waals surface area (Å²) < 4.78 is 0. The van der Waals surface area contributed by atoms with Gasteiger partial charge < -0.3 is 11.1 Å². The third kappa shape index (κ3) is 2.35. The molecule has 0 aromatic carbocycles. The summed E-state index contributed by atoms with van der Waals surface area (Å²) in [5.74, 6) is -0.239. The van der Waals surface area contributed by atoms with Gasteiger partial charge in [-0.25, -0.2) is 0 Å².